The summed E-state index contributed by atoms with van der Waals surface area (Å²) in [5, 5.41) is 11.2. The molecule has 1 fully saturated rings. The molecule has 0 bridgehead atoms. The lowest BCUT2D eigenvalue weighted by Gasteiger charge is -2.35. The number of benzene rings is 1. The molecule has 0 spiro atoms. The molecule has 1 amide bonds. The van der Waals surface area contributed by atoms with Crippen LogP contribution in [0.15, 0.2) is 48.8 Å². The Balaban J connectivity index is 1.38. The lowest BCUT2D eigenvalue weighted by molar-refractivity contribution is 0.00718. The molecule has 2 N–H and O–H groups in total. The van der Waals surface area contributed by atoms with Gasteiger partial charge in [0.25, 0.3) is 5.91 Å². The van der Waals surface area contributed by atoms with Crippen molar-refractivity contribution in [3.63, 3.8) is 0 Å². The summed E-state index contributed by atoms with van der Waals surface area (Å²) in [4.78, 5) is 24.5. The molecular weight excluding hydrogens is 454 g/mol. The summed E-state index contributed by atoms with van der Waals surface area (Å²) >= 11 is 0. The highest BCUT2D eigenvalue weighted by Gasteiger charge is 2.33. The van der Waals surface area contributed by atoms with Gasteiger partial charge in [0.1, 0.15) is 0 Å². The van der Waals surface area contributed by atoms with Crippen LogP contribution in [-0.2, 0) is 11.2 Å². The molecule has 1 aliphatic heterocycles. The molecule has 2 atom stereocenters. The van der Waals surface area contributed by atoms with Crippen molar-refractivity contribution in [1.82, 2.24) is 24.9 Å². The maximum atomic E-state index is 13.1. The van der Waals surface area contributed by atoms with E-state index in [2.05, 4.69) is 55.8 Å². The number of imidazole rings is 1. The average Bonchev–Trinajstić information content (AvgIpc) is 3.51. The van der Waals surface area contributed by atoms with Gasteiger partial charge in [0, 0.05) is 44.2 Å². The van der Waals surface area contributed by atoms with Crippen LogP contribution in [0.1, 0.15) is 34.5 Å². The number of pyridine rings is 1. The number of methoxy groups -OCH3 is 1. The number of aryl methyl sites for hydroxylation is 1. The number of carbonyl (C=O) groups is 1. The Labute approximate surface area is 209 Å². The van der Waals surface area contributed by atoms with E-state index in [1.54, 1.807) is 17.8 Å². The van der Waals surface area contributed by atoms with Gasteiger partial charge in [0.2, 0.25) is 0 Å². The number of amides is 1. The van der Waals surface area contributed by atoms with Gasteiger partial charge in [-0.05, 0) is 49.4 Å². The average molecular weight is 484 g/mol. The van der Waals surface area contributed by atoms with Crippen LogP contribution in [0.5, 0.6) is 0 Å². The van der Waals surface area contributed by atoms with Crippen LogP contribution in [-0.4, -0.2) is 58.3 Å². The Bertz CT molecular complexity index is 1440. The van der Waals surface area contributed by atoms with Gasteiger partial charge < -0.3 is 20.3 Å². The number of fused-ring (bicyclic) bond motifs is 2. The predicted octanol–water partition coefficient (Wildman–Crippen LogP) is 3.74. The second-order valence-corrected chi connectivity index (χ2v) is 9.40. The van der Waals surface area contributed by atoms with Crippen LogP contribution < -0.4 is 15.5 Å². The fourth-order valence-corrected chi connectivity index (χ4v) is 5.12. The standard InChI is InChI=1S/C27H29N7O2/c1-16-7-8-19(29-14-16)17-5-4-6-22-18(17)11-12-33(22)25-13-21(28-2)26-30-15-23(34(26)32-25)27(35)31-20-9-10-24(20)36-3/h4-8,13-15,20,24,28H,9-12H2,1-3H3,(H,31,35)/t20-,24-/m1/s1. The first-order valence-corrected chi connectivity index (χ1v) is 12.3. The molecule has 6 rings (SSSR count). The fourth-order valence-electron chi connectivity index (χ4n) is 5.12. The van der Waals surface area contributed by atoms with Gasteiger partial charge in [-0.1, -0.05) is 18.2 Å². The van der Waals surface area contributed by atoms with Crippen LogP contribution in [0.2, 0.25) is 0 Å². The third kappa shape index (κ3) is 3.67. The zero-order chi connectivity index (χ0) is 24.8. The smallest absolute Gasteiger partial charge is 0.271 e. The number of nitrogens with one attached hydrogen (secondary N) is 2. The van der Waals surface area contributed by atoms with Crippen LogP contribution in [0.25, 0.3) is 16.9 Å². The summed E-state index contributed by atoms with van der Waals surface area (Å²) in [6.07, 6.45) is 6.29. The zero-order valence-electron chi connectivity index (χ0n) is 20.7. The van der Waals surface area contributed by atoms with Crippen molar-refractivity contribution in [3.8, 4) is 11.3 Å². The van der Waals surface area contributed by atoms with Gasteiger partial charge in [-0.25, -0.2) is 9.50 Å². The molecule has 0 saturated heterocycles. The van der Waals surface area contributed by atoms with Gasteiger partial charge in [-0.15, -0.1) is 5.10 Å². The summed E-state index contributed by atoms with van der Waals surface area (Å²) in [7, 11) is 3.53. The molecule has 1 saturated carbocycles. The molecular formula is C27H29N7O2. The van der Waals surface area contributed by atoms with E-state index in [1.807, 2.05) is 26.2 Å². The number of hydrogen-bond donors (Lipinski definition) is 2. The van der Waals surface area contributed by atoms with E-state index in [1.165, 1.54) is 5.56 Å². The van der Waals surface area contributed by atoms with Crippen molar-refractivity contribution in [3.05, 3.63) is 65.6 Å². The largest absolute Gasteiger partial charge is 0.385 e. The molecule has 3 aromatic heterocycles. The van der Waals surface area contributed by atoms with Crippen molar-refractivity contribution in [1.29, 1.82) is 0 Å². The number of anilines is 3. The maximum Gasteiger partial charge on any atom is 0.271 e. The molecule has 2 aliphatic rings. The van der Waals surface area contributed by atoms with E-state index in [9.17, 15) is 4.79 Å². The van der Waals surface area contributed by atoms with Crippen LogP contribution in [0.4, 0.5) is 17.2 Å². The lowest BCUT2D eigenvalue weighted by Crippen LogP contribution is -2.51. The van der Waals surface area contributed by atoms with E-state index in [-0.39, 0.29) is 18.1 Å². The Morgan fingerprint density at radius 2 is 2.03 bits per heavy atom. The van der Waals surface area contributed by atoms with Crippen molar-refractivity contribution < 1.29 is 9.53 Å². The molecule has 1 aromatic carbocycles. The van der Waals surface area contributed by atoms with E-state index < -0.39 is 0 Å². The lowest BCUT2D eigenvalue weighted by atomic mass is 9.89. The molecule has 0 radical (unpaired) electrons. The maximum absolute atomic E-state index is 13.1. The first-order chi connectivity index (χ1) is 17.6. The monoisotopic (exact) mass is 483 g/mol. The Morgan fingerprint density at radius 3 is 2.75 bits per heavy atom. The molecule has 0 unspecified atom stereocenters. The van der Waals surface area contributed by atoms with Gasteiger partial charge in [-0.2, -0.15) is 0 Å². The molecule has 9 heteroatoms. The van der Waals surface area contributed by atoms with Crippen molar-refractivity contribution in [2.75, 3.05) is 30.9 Å². The summed E-state index contributed by atoms with van der Waals surface area (Å²) in [6.45, 7) is 2.83. The summed E-state index contributed by atoms with van der Waals surface area (Å²) in [5.74, 6) is 0.556. The third-order valence-corrected chi connectivity index (χ3v) is 7.28. The highest BCUT2D eigenvalue weighted by atomic mass is 16.5. The fraction of sp³-hybridized carbons (Fsp3) is 0.333. The normalized spacial score (nSPS) is 18.7. The number of aromatic nitrogens is 4. The number of ether oxygens (including phenoxy) is 1. The second kappa shape index (κ2) is 8.91. The topological polar surface area (TPSA) is 96.7 Å². The number of carbonyl (C=O) groups excluding carboxylic acids is 1. The summed E-state index contributed by atoms with van der Waals surface area (Å²) in [6, 6.07) is 12.5. The van der Waals surface area contributed by atoms with Crippen LogP contribution >= 0.6 is 0 Å². The zero-order valence-corrected chi connectivity index (χ0v) is 20.7. The third-order valence-electron chi connectivity index (χ3n) is 7.28. The van der Waals surface area contributed by atoms with Gasteiger partial charge in [0.15, 0.2) is 17.2 Å². The molecule has 4 aromatic rings. The van der Waals surface area contributed by atoms with Crippen LogP contribution in [0, 0.1) is 6.92 Å². The van der Waals surface area contributed by atoms with Crippen molar-refractivity contribution in [2.24, 2.45) is 0 Å². The minimum atomic E-state index is -0.199. The number of hydrogen-bond acceptors (Lipinski definition) is 7. The van der Waals surface area contributed by atoms with Crippen molar-refractivity contribution in [2.45, 2.75) is 38.3 Å². The summed E-state index contributed by atoms with van der Waals surface area (Å²) in [5.41, 5.74) is 7.43. The molecule has 184 valence electrons. The molecule has 1 aliphatic carbocycles. The van der Waals surface area contributed by atoms with Gasteiger partial charge >= 0.3 is 0 Å². The SMILES string of the molecule is CNc1cc(N2CCc3c(-c4ccc(C)cn4)cccc32)nn2c(C(=O)N[C@@H]3CC[C@H]3OC)cnc12. The van der Waals surface area contributed by atoms with E-state index in [4.69, 9.17) is 9.84 Å². The Morgan fingerprint density at radius 1 is 1.14 bits per heavy atom. The Kier molecular flexibility index (Phi) is 5.56. The predicted molar refractivity (Wildman–Crippen MR) is 139 cm³/mol. The van der Waals surface area contributed by atoms with E-state index in [0.29, 0.717) is 11.3 Å². The number of nitrogens with zero attached hydrogens (tertiary/aromatic N) is 5. The minimum Gasteiger partial charge on any atom is -0.385 e. The highest BCUT2D eigenvalue weighted by Crippen LogP contribution is 2.39. The Hall–Kier alpha value is -3.98. The molecule has 4 heterocycles. The summed E-state index contributed by atoms with van der Waals surface area (Å²) < 4.78 is 7.07. The first kappa shape index (κ1) is 22.5. The van der Waals surface area contributed by atoms with Gasteiger partial charge in [-0.3, -0.25) is 9.78 Å². The quantitative estimate of drug-likeness (QED) is 0.431. The van der Waals surface area contributed by atoms with Crippen molar-refractivity contribution >= 4 is 28.7 Å². The van der Waals surface area contributed by atoms with Gasteiger partial charge in [0.05, 0.1) is 29.7 Å². The first-order valence-electron chi connectivity index (χ1n) is 12.3. The van der Waals surface area contributed by atoms with E-state index >= 15 is 0 Å². The molecule has 36 heavy (non-hydrogen) atoms. The van der Waals surface area contributed by atoms with E-state index in [0.717, 1.165) is 59.8 Å². The second-order valence-electron chi connectivity index (χ2n) is 9.40. The number of rotatable bonds is 6. The minimum absolute atomic E-state index is 0.0132. The van der Waals surface area contributed by atoms with Crippen LogP contribution in [0.3, 0.4) is 0 Å². The highest BCUT2D eigenvalue weighted by molar-refractivity contribution is 5.94. The molecule has 9 nitrogen and oxygen atoms in total.